The highest BCUT2D eigenvalue weighted by Gasteiger charge is 2.15. The van der Waals surface area contributed by atoms with Crippen LogP contribution in [0.25, 0.3) is 0 Å². The van der Waals surface area contributed by atoms with E-state index >= 15 is 0 Å². The van der Waals surface area contributed by atoms with Crippen molar-refractivity contribution in [1.82, 2.24) is 4.90 Å². The highest BCUT2D eigenvalue weighted by Crippen LogP contribution is 2.23. The van der Waals surface area contributed by atoms with Gasteiger partial charge in [0.2, 0.25) is 0 Å². The van der Waals surface area contributed by atoms with Crippen molar-refractivity contribution in [2.75, 3.05) is 13.6 Å². The van der Waals surface area contributed by atoms with E-state index in [4.69, 9.17) is 0 Å². The summed E-state index contributed by atoms with van der Waals surface area (Å²) < 4.78 is 13.5. The second-order valence-electron chi connectivity index (χ2n) is 4.89. The number of nitrogens with zero attached hydrogens (tertiary/aromatic N) is 1. The van der Waals surface area contributed by atoms with E-state index in [1.54, 1.807) is 30.1 Å². The Balaban J connectivity index is 2.04. The van der Waals surface area contributed by atoms with Crippen LogP contribution in [-0.4, -0.2) is 34.5 Å². The topological polar surface area (TPSA) is 60.8 Å². The maximum atomic E-state index is 13.5. The van der Waals surface area contributed by atoms with Crippen molar-refractivity contribution >= 4 is 5.78 Å². The van der Waals surface area contributed by atoms with E-state index in [9.17, 15) is 19.4 Å². The Morgan fingerprint density at radius 3 is 2.57 bits per heavy atom. The van der Waals surface area contributed by atoms with Gasteiger partial charge in [0.25, 0.3) is 0 Å². The van der Waals surface area contributed by atoms with Crippen LogP contribution in [-0.2, 0) is 6.54 Å². The van der Waals surface area contributed by atoms with Gasteiger partial charge in [-0.2, -0.15) is 0 Å². The van der Waals surface area contributed by atoms with Gasteiger partial charge in [0, 0.05) is 18.2 Å². The molecular weight excluding hydrogens is 273 g/mol. The van der Waals surface area contributed by atoms with Crippen molar-refractivity contribution in [2.24, 2.45) is 0 Å². The summed E-state index contributed by atoms with van der Waals surface area (Å²) in [7, 11) is 1.70. The van der Waals surface area contributed by atoms with Gasteiger partial charge in [-0.1, -0.05) is 18.2 Å². The lowest BCUT2D eigenvalue weighted by atomic mass is 10.1. The third-order valence-corrected chi connectivity index (χ3v) is 3.09. The van der Waals surface area contributed by atoms with Crippen LogP contribution >= 0.6 is 0 Å². The van der Waals surface area contributed by atoms with Crippen LogP contribution in [0.5, 0.6) is 11.5 Å². The zero-order valence-electron chi connectivity index (χ0n) is 11.6. The van der Waals surface area contributed by atoms with E-state index in [1.807, 2.05) is 0 Å². The Morgan fingerprint density at radius 1 is 1.19 bits per heavy atom. The number of hydrogen-bond donors (Lipinski definition) is 2. The van der Waals surface area contributed by atoms with Crippen molar-refractivity contribution in [2.45, 2.75) is 6.54 Å². The molecule has 0 aliphatic rings. The molecule has 0 radical (unpaired) electrons. The fraction of sp³-hybridized carbons (Fsp3) is 0.188. The van der Waals surface area contributed by atoms with Gasteiger partial charge in [-0.3, -0.25) is 9.69 Å². The summed E-state index contributed by atoms with van der Waals surface area (Å²) in [6.07, 6.45) is 0. The number of carbonyl (C=O) groups excluding carboxylic acids is 1. The van der Waals surface area contributed by atoms with Crippen molar-refractivity contribution < 1.29 is 19.4 Å². The minimum atomic E-state index is -0.315. The summed E-state index contributed by atoms with van der Waals surface area (Å²) in [5.74, 6) is -0.987. The molecule has 0 spiro atoms. The van der Waals surface area contributed by atoms with Crippen molar-refractivity contribution in [3.05, 3.63) is 59.4 Å². The summed E-state index contributed by atoms with van der Waals surface area (Å²) in [5, 5.41) is 18.9. The van der Waals surface area contributed by atoms with E-state index in [0.717, 1.165) is 6.07 Å². The lowest BCUT2D eigenvalue weighted by Crippen LogP contribution is -2.26. The number of halogens is 1. The fourth-order valence-corrected chi connectivity index (χ4v) is 2.06. The molecule has 0 aliphatic carbocycles. The van der Waals surface area contributed by atoms with E-state index < -0.39 is 0 Å². The Hall–Kier alpha value is -2.40. The number of phenols is 2. The summed E-state index contributed by atoms with van der Waals surface area (Å²) in [5.41, 5.74) is 0.635. The van der Waals surface area contributed by atoms with Crippen molar-refractivity contribution in [3.8, 4) is 11.5 Å². The maximum Gasteiger partial charge on any atom is 0.180 e. The normalized spacial score (nSPS) is 10.8. The number of benzene rings is 2. The van der Waals surface area contributed by atoms with Crippen LogP contribution < -0.4 is 0 Å². The molecule has 0 saturated carbocycles. The molecular formula is C16H16FNO3. The van der Waals surface area contributed by atoms with Crippen molar-refractivity contribution in [3.63, 3.8) is 0 Å². The molecule has 110 valence electrons. The van der Waals surface area contributed by atoms with Gasteiger partial charge < -0.3 is 10.2 Å². The largest absolute Gasteiger partial charge is 0.508 e. The van der Waals surface area contributed by atoms with Gasteiger partial charge in [-0.15, -0.1) is 0 Å². The second kappa shape index (κ2) is 6.37. The molecule has 0 saturated heterocycles. The lowest BCUT2D eigenvalue weighted by molar-refractivity contribution is 0.0939. The fourth-order valence-electron chi connectivity index (χ4n) is 2.06. The maximum absolute atomic E-state index is 13.5. The number of hydrogen-bond acceptors (Lipinski definition) is 4. The highest BCUT2D eigenvalue weighted by molar-refractivity contribution is 6.00. The average molecular weight is 289 g/mol. The second-order valence-corrected chi connectivity index (χ2v) is 4.89. The Bertz CT molecular complexity index is 658. The average Bonchev–Trinajstić information content (AvgIpc) is 2.41. The predicted octanol–water partition coefficient (Wildman–Crippen LogP) is 2.55. The molecule has 0 atom stereocenters. The van der Waals surface area contributed by atoms with E-state index in [2.05, 4.69) is 0 Å². The number of Topliss-reactive ketones (excluding diaryl/α,β-unsaturated/α-hetero) is 1. The molecule has 2 N–H and O–H groups in total. The number of phenolic OH excluding ortho intramolecular Hbond substituents is 2. The lowest BCUT2D eigenvalue weighted by Gasteiger charge is -2.16. The number of ketones is 1. The summed E-state index contributed by atoms with van der Waals surface area (Å²) in [4.78, 5) is 13.7. The van der Waals surface area contributed by atoms with Gasteiger partial charge in [0.05, 0.1) is 12.1 Å². The molecule has 5 heteroatoms. The first-order chi connectivity index (χ1) is 9.97. The van der Waals surface area contributed by atoms with Gasteiger partial charge in [-0.05, 0) is 25.2 Å². The predicted molar refractivity (Wildman–Crippen MR) is 76.8 cm³/mol. The zero-order valence-corrected chi connectivity index (χ0v) is 11.6. The minimum absolute atomic E-state index is 0.0344. The molecule has 0 aromatic heterocycles. The smallest absolute Gasteiger partial charge is 0.180 e. The molecule has 2 aromatic carbocycles. The molecule has 0 fully saturated rings. The summed E-state index contributed by atoms with van der Waals surface area (Å²) >= 11 is 0. The van der Waals surface area contributed by atoms with Crippen LogP contribution in [0, 0.1) is 5.82 Å². The molecule has 21 heavy (non-hydrogen) atoms. The Labute approximate surface area is 122 Å². The molecule has 2 rings (SSSR count). The first-order valence-electron chi connectivity index (χ1n) is 6.44. The van der Waals surface area contributed by atoms with Gasteiger partial charge in [0.15, 0.2) is 5.78 Å². The Kier molecular flexibility index (Phi) is 4.55. The van der Waals surface area contributed by atoms with Crippen LogP contribution in [0.2, 0.25) is 0 Å². The van der Waals surface area contributed by atoms with E-state index in [1.165, 1.54) is 18.2 Å². The minimum Gasteiger partial charge on any atom is -0.508 e. The summed E-state index contributed by atoms with van der Waals surface area (Å²) in [6, 6.07) is 10.2. The quantitative estimate of drug-likeness (QED) is 0.830. The Morgan fingerprint density at radius 2 is 1.90 bits per heavy atom. The van der Waals surface area contributed by atoms with E-state index in [-0.39, 0.29) is 41.8 Å². The number of aromatic hydroxyl groups is 2. The third-order valence-electron chi connectivity index (χ3n) is 3.09. The number of carbonyl (C=O) groups is 1. The molecule has 0 heterocycles. The van der Waals surface area contributed by atoms with Gasteiger partial charge in [-0.25, -0.2) is 4.39 Å². The highest BCUT2D eigenvalue weighted by atomic mass is 19.1. The SMILES string of the molecule is CN(CC(=O)c1ccc(O)cc1O)Cc1ccccc1F. The zero-order chi connectivity index (χ0) is 15.4. The summed E-state index contributed by atoms with van der Waals surface area (Å²) in [6.45, 7) is 0.323. The van der Waals surface area contributed by atoms with Crippen molar-refractivity contribution in [1.29, 1.82) is 0 Å². The molecule has 0 aliphatic heterocycles. The standard InChI is InChI=1S/C16H16FNO3/c1-18(9-11-4-2-3-5-14(11)17)10-16(21)13-7-6-12(19)8-15(13)20/h2-8,19-20H,9-10H2,1H3. The van der Waals surface area contributed by atoms with Crippen LogP contribution in [0.3, 0.4) is 0 Å². The first-order valence-corrected chi connectivity index (χ1v) is 6.44. The van der Waals surface area contributed by atoms with Gasteiger partial charge >= 0.3 is 0 Å². The van der Waals surface area contributed by atoms with Gasteiger partial charge in [0.1, 0.15) is 17.3 Å². The molecule has 0 bridgehead atoms. The monoisotopic (exact) mass is 289 g/mol. The van der Waals surface area contributed by atoms with E-state index in [0.29, 0.717) is 5.56 Å². The number of rotatable bonds is 5. The first kappa shape index (κ1) is 15.0. The molecule has 0 amide bonds. The van der Waals surface area contributed by atoms with Crippen LogP contribution in [0.4, 0.5) is 4.39 Å². The molecule has 4 nitrogen and oxygen atoms in total. The van der Waals surface area contributed by atoms with Crippen LogP contribution in [0.1, 0.15) is 15.9 Å². The molecule has 2 aromatic rings. The molecule has 0 unspecified atom stereocenters. The van der Waals surface area contributed by atoms with Crippen LogP contribution in [0.15, 0.2) is 42.5 Å². The third kappa shape index (κ3) is 3.79. The number of likely N-dealkylation sites (N-methyl/N-ethyl adjacent to an activating group) is 1.